The Kier molecular flexibility index (Phi) is 4.77. The van der Waals surface area contributed by atoms with Gasteiger partial charge in [0.15, 0.2) is 0 Å². The van der Waals surface area contributed by atoms with Crippen LogP contribution in [0, 0.1) is 6.92 Å². The Morgan fingerprint density at radius 1 is 1.30 bits per heavy atom. The van der Waals surface area contributed by atoms with Gasteiger partial charge >= 0.3 is 0 Å². The zero-order valence-corrected chi connectivity index (χ0v) is 16.5. The van der Waals surface area contributed by atoms with Crippen molar-refractivity contribution in [3.8, 4) is 0 Å². The molecule has 1 N–H and O–H groups in total. The minimum atomic E-state index is -0.000920. The number of morpholine rings is 1. The van der Waals surface area contributed by atoms with E-state index in [0.29, 0.717) is 12.5 Å². The Bertz CT molecular complexity index is 879. The molecule has 2 aliphatic rings. The molecule has 146 valence electrons. The third-order valence-electron chi connectivity index (χ3n) is 5.37. The highest BCUT2D eigenvalue weighted by atomic mass is 16.5. The van der Waals surface area contributed by atoms with Gasteiger partial charge in [-0.15, -0.1) is 0 Å². The molecule has 2 aromatic heterocycles. The molecule has 2 atom stereocenters. The molecule has 0 amide bonds. The summed E-state index contributed by atoms with van der Waals surface area (Å²) >= 11 is 0. The zero-order chi connectivity index (χ0) is 19.1. The summed E-state index contributed by atoms with van der Waals surface area (Å²) in [5.74, 6) is 0.667. The molecule has 4 rings (SSSR count). The van der Waals surface area contributed by atoms with Gasteiger partial charge in [0.1, 0.15) is 0 Å². The monoisotopic (exact) mass is 372 g/mol. The maximum atomic E-state index is 12.6. The van der Waals surface area contributed by atoms with Crippen molar-refractivity contribution in [3.63, 3.8) is 0 Å². The van der Waals surface area contributed by atoms with Gasteiger partial charge in [-0.3, -0.25) is 19.4 Å². The molecule has 1 fully saturated rings. The van der Waals surface area contributed by atoms with E-state index in [2.05, 4.69) is 39.9 Å². The number of H-pyrrole nitrogens is 1. The van der Waals surface area contributed by atoms with Crippen LogP contribution in [0.2, 0.25) is 0 Å². The normalized spacial score (nSPS) is 23.5. The van der Waals surface area contributed by atoms with Crippen LogP contribution in [-0.4, -0.2) is 56.5 Å². The number of nitrogens with one attached hydrogen (secondary N) is 1. The number of ether oxygens (including phenoxy) is 1. The van der Waals surface area contributed by atoms with E-state index >= 15 is 0 Å². The van der Waals surface area contributed by atoms with Crippen molar-refractivity contribution in [2.75, 3.05) is 24.5 Å². The summed E-state index contributed by atoms with van der Waals surface area (Å²) in [6.07, 6.45) is 3.05. The molecule has 2 aliphatic heterocycles. The van der Waals surface area contributed by atoms with Crippen molar-refractivity contribution in [2.45, 2.75) is 52.5 Å². The van der Waals surface area contributed by atoms with Crippen molar-refractivity contribution >= 4 is 5.95 Å². The SMILES string of the molecule is Cc1nn(C)cc1CN1CCc2c(nc(N3CC(C)OC(C)C3)[nH]c2=O)C1. The van der Waals surface area contributed by atoms with Gasteiger partial charge in [-0.2, -0.15) is 5.10 Å². The highest BCUT2D eigenvalue weighted by Crippen LogP contribution is 2.21. The Morgan fingerprint density at radius 2 is 2.04 bits per heavy atom. The summed E-state index contributed by atoms with van der Waals surface area (Å²) in [6.45, 7) is 10.0. The van der Waals surface area contributed by atoms with E-state index in [-0.39, 0.29) is 17.8 Å². The first-order chi connectivity index (χ1) is 12.9. The Balaban J connectivity index is 1.56. The smallest absolute Gasteiger partial charge is 0.255 e. The molecule has 2 aromatic rings. The predicted octanol–water partition coefficient (Wildman–Crippen LogP) is 0.984. The summed E-state index contributed by atoms with van der Waals surface area (Å²) in [5.41, 5.74) is 4.00. The average Bonchev–Trinajstić information content (AvgIpc) is 2.91. The lowest BCUT2D eigenvalue weighted by Crippen LogP contribution is -2.47. The minimum absolute atomic E-state index is 0.000920. The molecule has 0 bridgehead atoms. The van der Waals surface area contributed by atoms with Gasteiger partial charge in [-0.1, -0.05) is 0 Å². The van der Waals surface area contributed by atoms with Crippen LogP contribution in [0.3, 0.4) is 0 Å². The summed E-state index contributed by atoms with van der Waals surface area (Å²) < 4.78 is 7.65. The van der Waals surface area contributed by atoms with Crippen LogP contribution in [0.15, 0.2) is 11.0 Å². The average molecular weight is 372 g/mol. The number of hydrogen-bond acceptors (Lipinski definition) is 6. The maximum absolute atomic E-state index is 12.6. The summed E-state index contributed by atoms with van der Waals surface area (Å²) in [6, 6.07) is 0. The molecule has 0 aromatic carbocycles. The number of anilines is 1. The fourth-order valence-electron chi connectivity index (χ4n) is 4.16. The van der Waals surface area contributed by atoms with E-state index in [0.717, 1.165) is 49.6 Å². The quantitative estimate of drug-likeness (QED) is 0.865. The van der Waals surface area contributed by atoms with Crippen molar-refractivity contribution in [3.05, 3.63) is 39.1 Å². The van der Waals surface area contributed by atoms with Crippen LogP contribution in [0.4, 0.5) is 5.95 Å². The molecule has 1 saturated heterocycles. The maximum Gasteiger partial charge on any atom is 0.255 e. The van der Waals surface area contributed by atoms with Gasteiger partial charge in [0, 0.05) is 57.1 Å². The molecule has 8 nitrogen and oxygen atoms in total. The molecule has 27 heavy (non-hydrogen) atoms. The topological polar surface area (TPSA) is 79.3 Å². The number of hydrogen-bond donors (Lipinski definition) is 1. The van der Waals surface area contributed by atoms with Crippen LogP contribution in [0.1, 0.15) is 36.4 Å². The Morgan fingerprint density at radius 3 is 2.70 bits per heavy atom. The van der Waals surface area contributed by atoms with Crippen LogP contribution >= 0.6 is 0 Å². The fraction of sp³-hybridized carbons (Fsp3) is 0.632. The lowest BCUT2D eigenvalue weighted by atomic mass is 10.1. The van der Waals surface area contributed by atoms with Gasteiger partial charge in [-0.05, 0) is 27.2 Å². The van der Waals surface area contributed by atoms with Crippen LogP contribution in [0.5, 0.6) is 0 Å². The zero-order valence-electron chi connectivity index (χ0n) is 16.5. The third-order valence-corrected chi connectivity index (χ3v) is 5.37. The van der Waals surface area contributed by atoms with Crippen LogP contribution < -0.4 is 10.5 Å². The van der Waals surface area contributed by atoms with Crippen molar-refractivity contribution in [2.24, 2.45) is 7.05 Å². The molecular weight excluding hydrogens is 344 g/mol. The minimum Gasteiger partial charge on any atom is -0.372 e. The second-order valence-corrected chi connectivity index (χ2v) is 7.85. The molecule has 8 heteroatoms. The van der Waals surface area contributed by atoms with Gasteiger partial charge in [0.2, 0.25) is 5.95 Å². The van der Waals surface area contributed by atoms with Gasteiger partial charge < -0.3 is 9.64 Å². The van der Waals surface area contributed by atoms with E-state index in [1.165, 1.54) is 5.56 Å². The summed E-state index contributed by atoms with van der Waals surface area (Å²) in [7, 11) is 1.94. The van der Waals surface area contributed by atoms with Crippen molar-refractivity contribution in [1.82, 2.24) is 24.6 Å². The first-order valence-corrected chi connectivity index (χ1v) is 9.63. The highest BCUT2D eigenvalue weighted by molar-refractivity contribution is 5.35. The number of aromatic amines is 1. The fourth-order valence-corrected chi connectivity index (χ4v) is 4.16. The van der Waals surface area contributed by atoms with E-state index in [9.17, 15) is 4.79 Å². The molecule has 0 radical (unpaired) electrons. The molecule has 2 unspecified atom stereocenters. The number of aromatic nitrogens is 4. The Hall–Kier alpha value is -2.19. The number of rotatable bonds is 3. The third kappa shape index (κ3) is 3.77. The highest BCUT2D eigenvalue weighted by Gasteiger charge is 2.27. The van der Waals surface area contributed by atoms with Crippen LogP contribution in [-0.2, 0) is 31.3 Å². The summed E-state index contributed by atoms with van der Waals surface area (Å²) in [4.78, 5) is 24.9. The molecule has 4 heterocycles. The van der Waals surface area contributed by atoms with E-state index in [4.69, 9.17) is 9.72 Å². The van der Waals surface area contributed by atoms with Gasteiger partial charge in [-0.25, -0.2) is 4.98 Å². The lowest BCUT2D eigenvalue weighted by Gasteiger charge is -2.36. The van der Waals surface area contributed by atoms with E-state index < -0.39 is 0 Å². The second kappa shape index (κ2) is 7.09. The first kappa shape index (κ1) is 18.2. The predicted molar refractivity (Wildman–Crippen MR) is 103 cm³/mol. The van der Waals surface area contributed by atoms with E-state index in [1.807, 2.05) is 18.7 Å². The standard InChI is InChI=1S/C19H28N6O2/c1-12-7-25(8-13(2)27-12)19-20-17-11-24(6-5-16(17)18(26)21-19)10-15-9-23(4)22-14(15)3/h9,12-13H,5-8,10-11H2,1-4H3,(H,20,21,26). The Labute approximate surface area is 159 Å². The molecule has 0 spiro atoms. The van der Waals surface area contributed by atoms with Crippen molar-refractivity contribution < 1.29 is 4.74 Å². The molecule has 0 aliphatic carbocycles. The van der Waals surface area contributed by atoms with Gasteiger partial charge in [0.05, 0.1) is 23.6 Å². The molecular formula is C19H28N6O2. The van der Waals surface area contributed by atoms with Crippen LogP contribution in [0.25, 0.3) is 0 Å². The van der Waals surface area contributed by atoms with Crippen molar-refractivity contribution in [1.29, 1.82) is 0 Å². The number of nitrogens with zero attached hydrogens (tertiary/aromatic N) is 5. The lowest BCUT2D eigenvalue weighted by molar-refractivity contribution is -0.00576. The van der Waals surface area contributed by atoms with Gasteiger partial charge in [0.25, 0.3) is 5.56 Å². The number of aryl methyl sites for hydroxylation is 2. The second-order valence-electron chi connectivity index (χ2n) is 7.85. The first-order valence-electron chi connectivity index (χ1n) is 9.63. The largest absolute Gasteiger partial charge is 0.372 e. The number of fused-ring (bicyclic) bond motifs is 1. The molecule has 0 saturated carbocycles. The van der Waals surface area contributed by atoms with E-state index in [1.54, 1.807) is 0 Å². The summed E-state index contributed by atoms with van der Waals surface area (Å²) in [5, 5.41) is 4.43.